The zero-order valence-corrected chi connectivity index (χ0v) is 16.1. The van der Waals surface area contributed by atoms with Crippen molar-refractivity contribution in [2.24, 2.45) is 0 Å². The molecule has 6 heteroatoms. The first kappa shape index (κ1) is 17.2. The summed E-state index contributed by atoms with van der Waals surface area (Å²) in [6.45, 7) is 4.11. The van der Waals surface area contributed by atoms with Gasteiger partial charge in [0.15, 0.2) is 0 Å². The van der Waals surface area contributed by atoms with Gasteiger partial charge >= 0.3 is 0 Å². The number of nitrogens with zero attached hydrogens (tertiary/aromatic N) is 2. The number of rotatable bonds is 3. The van der Waals surface area contributed by atoms with Gasteiger partial charge in [-0.2, -0.15) is 4.31 Å². The van der Waals surface area contributed by atoms with Gasteiger partial charge in [0.25, 0.3) is 0 Å². The van der Waals surface area contributed by atoms with Crippen LogP contribution in [0.3, 0.4) is 0 Å². The average Bonchev–Trinajstić information content (AvgIpc) is 3.29. The summed E-state index contributed by atoms with van der Waals surface area (Å²) in [5.41, 5.74) is 2.30. The van der Waals surface area contributed by atoms with Crippen molar-refractivity contribution in [2.45, 2.75) is 61.5 Å². The van der Waals surface area contributed by atoms with Crippen molar-refractivity contribution < 1.29 is 13.2 Å². The van der Waals surface area contributed by atoms with E-state index >= 15 is 0 Å². The second kappa shape index (κ2) is 6.30. The van der Waals surface area contributed by atoms with Crippen molar-refractivity contribution in [1.29, 1.82) is 0 Å². The molecule has 0 saturated carbocycles. The summed E-state index contributed by atoms with van der Waals surface area (Å²) in [5, 5.41) is 0. The van der Waals surface area contributed by atoms with Crippen molar-refractivity contribution in [3.05, 3.63) is 29.3 Å². The van der Waals surface area contributed by atoms with Crippen LogP contribution < -0.4 is 0 Å². The van der Waals surface area contributed by atoms with Crippen LogP contribution in [-0.4, -0.2) is 62.1 Å². The monoisotopic (exact) mass is 376 g/mol. The molecule has 0 aromatic heterocycles. The number of hydrogen-bond donors (Lipinski definition) is 0. The third-order valence-corrected chi connectivity index (χ3v) is 8.52. The molecule has 1 atom stereocenters. The van der Waals surface area contributed by atoms with Crippen LogP contribution in [-0.2, 0) is 27.6 Å². The Morgan fingerprint density at radius 3 is 2.50 bits per heavy atom. The van der Waals surface area contributed by atoms with Crippen LogP contribution in [0, 0.1) is 0 Å². The van der Waals surface area contributed by atoms with E-state index in [0.717, 1.165) is 32.3 Å². The van der Waals surface area contributed by atoms with Crippen molar-refractivity contribution >= 4 is 10.0 Å². The van der Waals surface area contributed by atoms with Gasteiger partial charge in [0, 0.05) is 19.1 Å². The standard InChI is InChI=1S/C20H28N2O3S/c23-26(24,19-8-7-16-5-1-2-6-17(16)11-19)22-14-20(15-22)12-18(13-25-20)21-9-3-4-10-21/h7-8,11,18H,1-6,9-10,12-15H2/t18-/m0/s1. The lowest BCUT2D eigenvalue weighted by Crippen LogP contribution is -2.63. The van der Waals surface area contributed by atoms with E-state index in [4.69, 9.17) is 4.74 Å². The van der Waals surface area contributed by atoms with E-state index < -0.39 is 10.0 Å². The highest BCUT2D eigenvalue weighted by atomic mass is 32.2. The second-order valence-electron chi connectivity index (χ2n) is 8.51. The maximum atomic E-state index is 13.0. The average molecular weight is 377 g/mol. The summed E-state index contributed by atoms with van der Waals surface area (Å²) in [6, 6.07) is 6.21. The highest BCUT2D eigenvalue weighted by Gasteiger charge is 2.54. The first-order valence-corrected chi connectivity index (χ1v) is 11.5. The Hall–Kier alpha value is -0.950. The Labute approximate surface area is 156 Å². The molecule has 3 heterocycles. The van der Waals surface area contributed by atoms with E-state index in [1.165, 1.54) is 43.5 Å². The minimum Gasteiger partial charge on any atom is -0.371 e. The normalized spacial score (nSPS) is 29.0. The van der Waals surface area contributed by atoms with Gasteiger partial charge in [0.2, 0.25) is 10.0 Å². The smallest absolute Gasteiger partial charge is 0.243 e. The zero-order chi connectivity index (χ0) is 17.8. The van der Waals surface area contributed by atoms with E-state index in [2.05, 4.69) is 4.90 Å². The fourth-order valence-corrected chi connectivity index (χ4v) is 6.81. The lowest BCUT2D eigenvalue weighted by molar-refractivity contribution is -0.0774. The molecule has 0 bridgehead atoms. The van der Waals surface area contributed by atoms with Crippen molar-refractivity contribution in [3.63, 3.8) is 0 Å². The van der Waals surface area contributed by atoms with Gasteiger partial charge in [0.1, 0.15) is 0 Å². The molecular formula is C20H28N2O3S. The van der Waals surface area contributed by atoms with E-state index in [9.17, 15) is 8.42 Å². The number of likely N-dealkylation sites (tertiary alicyclic amines) is 1. The van der Waals surface area contributed by atoms with Crippen LogP contribution >= 0.6 is 0 Å². The van der Waals surface area contributed by atoms with E-state index in [1.54, 1.807) is 10.4 Å². The van der Waals surface area contributed by atoms with Crippen LogP contribution in [0.4, 0.5) is 0 Å². The van der Waals surface area contributed by atoms with E-state index in [-0.39, 0.29) is 5.60 Å². The van der Waals surface area contributed by atoms with Gasteiger partial charge in [-0.3, -0.25) is 4.90 Å². The van der Waals surface area contributed by atoms with Gasteiger partial charge in [-0.15, -0.1) is 0 Å². The highest BCUT2D eigenvalue weighted by molar-refractivity contribution is 7.89. The largest absolute Gasteiger partial charge is 0.371 e. The Kier molecular flexibility index (Phi) is 4.16. The number of hydrogen-bond acceptors (Lipinski definition) is 4. The third-order valence-electron chi connectivity index (χ3n) is 6.73. The summed E-state index contributed by atoms with van der Waals surface area (Å²) in [4.78, 5) is 2.98. The maximum Gasteiger partial charge on any atom is 0.243 e. The molecule has 5 rings (SSSR count). The molecule has 26 heavy (non-hydrogen) atoms. The van der Waals surface area contributed by atoms with Gasteiger partial charge in [-0.05, 0) is 81.3 Å². The molecule has 0 N–H and O–H groups in total. The number of benzene rings is 1. The number of fused-ring (bicyclic) bond motifs is 1. The Morgan fingerprint density at radius 1 is 1.00 bits per heavy atom. The molecule has 0 unspecified atom stereocenters. The minimum absolute atomic E-state index is 0.242. The van der Waals surface area contributed by atoms with Crippen LogP contribution in [0.2, 0.25) is 0 Å². The molecule has 0 radical (unpaired) electrons. The van der Waals surface area contributed by atoms with Crippen LogP contribution in [0.15, 0.2) is 23.1 Å². The summed E-state index contributed by atoms with van der Waals surface area (Å²) in [5.74, 6) is 0. The molecule has 5 nitrogen and oxygen atoms in total. The van der Waals surface area contributed by atoms with Gasteiger partial charge in [-0.25, -0.2) is 8.42 Å². The lowest BCUT2D eigenvalue weighted by atomic mass is 9.91. The molecule has 1 aliphatic carbocycles. The minimum atomic E-state index is -3.40. The highest BCUT2D eigenvalue weighted by Crippen LogP contribution is 2.40. The number of sulfonamides is 1. The van der Waals surface area contributed by atoms with Crippen molar-refractivity contribution in [3.8, 4) is 0 Å². The SMILES string of the molecule is O=S(=O)(c1ccc2c(c1)CCCC2)N1CC2(C[C@H](N3CCCC3)CO2)C1. The summed E-state index contributed by atoms with van der Waals surface area (Å²) in [7, 11) is -3.40. The predicted molar refractivity (Wildman–Crippen MR) is 99.7 cm³/mol. The molecule has 3 aliphatic heterocycles. The second-order valence-corrected chi connectivity index (χ2v) is 10.4. The summed E-state index contributed by atoms with van der Waals surface area (Å²) in [6.07, 6.45) is 7.99. The van der Waals surface area contributed by atoms with E-state index in [0.29, 0.717) is 24.0 Å². The molecule has 3 fully saturated rings. The molecule has 1 aromatic rings. The molecular weight excluding hydrogens is 348 g/mol. The number of aryl methyl sites for hydroxylation is 2. The van der Waals surface area contributed by atoms with Crippen molar-refractivity contribution in [1.82, 2.24) is 9.21 Å². The first-order valence-electron chi connectivity index (χ1n) is 10.1. The van der Waals surface area contributed by atoms with Crippen molar-refractivity contribution in [2.75, 3.05) is 32.8 Å². The van der Waals surface area contributed by atoms with Gasteiger partial charge < -0.3 is 4.74 Å². The van der Waals surface area contributed by atoms with E-state index in [1.807, 2.05) is 12.1 Å². The molecule has 0 amide bonds. The quantitative estimate of drug-likeness (QED) is 0.811. The fourth-order valence-electron chi connectivity index (χ4n) is 5.17. The fraction of sp³-hybridized carbons (Fsp3) is 0.700. The number of ether oxygens (including phenoxy) is 1. The molecule has 1 aromatic carbocycles. The molecule has 3 saturated heterocycles. The predicted octanol–water partition coefficient (Wildman–Crippen LogP) is 2.19. The van der Waals surface area contributed by atoms with Crippen LogP contribution in [0.25, 0.3) is 0 Å². The zero-order valence-electron chi connectivity index (χ0n) is 15.3. The lowest BCUT2D eigenvalue weighted by Gasteiger charge is -2.46. The topological polar surface area (TPSA) is 49.9 Å². The summed E-state index contributed by atoms with van der Waals surface area (Å²) < 4.78 is 33.8. The molecule has 4 aliphatic rings. The third kappa shape index (κ3) is 2.82. The van der Waals surface area contributed by atoms with Gasteiger partial charge in [0.05, 0.1) is 17.1 Å². The Morgan fingerprint density at radius 2 is 1.73 bits per heavy atom. The van der Waals surface area contributed by atoms with Crippen LogP contribution in [0.5, 0.6) is 0 Å². The molecule has 142 valence electrons. The first-order chi connectivity index (χ1) is 12.6. The summed E-state index contributed by atoms with van der Waals surface area (Å²) >= 11 is 0. The maximum absolute atomic E-state index is 13.0. The molecule has 1 spiro atoms. The van der Waals surface area contributed by atoms with Gasteiger partial charge in [-0.1, -0.05) is 6.07 Å². The Balaban J connectivity index is 1.28. The Bertz CT molecular complexity index is 795. The van der Waals surface area contributed by atoms with Crippen LogP contribution in [0.1, 0.15) is 43.2 Å².